The number of aromatic amines is 1. The summed E-state index contributed by atoms with van der Waals surface area (Å²) in [5.41, 5.74) is 1.44. The third-order valence-electron chi connectivity index (χ3n) is 4.76. The second kappa shape index (κ2) is 7.47. The number of aliphatic hydroxyl groups is 1. The molecule has 0 radical (unpaired) electrons. The summed E-state index contributed by atoms with van der Waals surface area (Å²) < 4.78 is 29.0. The van der Waals surface area contributed by atoms with Crippen molar-refractivity contribution in [3.63, 3.8) is 0 Å². The number of hydrogen-bond donors (Lipinski definition) is 2. The zero-order valence-electron chi connectivity index (χ0n) is 15.8. The van der Waals surface area contributed by atoms with E-state index in [1.807, 2.05) is 0 Å². The fourth-order valence-electron chi connectivity index (χ4n) is 3.37. The summed E-state index contributed by atoms with van der Waals surface area (Å²) in [6, 6.07) is 1.67. The van der Waals surface area contributed by atoms with Crippen molar-refractivity contribution in [1.29, 1.82) is 0 Å². The van der Waals surface area contributed by atoms with Gasteiger partial charge in [-0.25, -0.2) is 9.37 Å². The minimum Gasteiger partial charge on any atom is -0.495 e. The standard InChI is InChI=1S/C18H18ClFN6O3/c1-25-14-9(6-10(28-2)12(19)13(14)20)15(26-5-4-21-8-26)16(25)18-22-17(23-24-18)11(7-27)29-3/h4-6,8,11,27H,7H2,1-3H3,(H,22,23,24)/t11-/m0/s1. The molecule has 3 heterocycles. The van der Waals surface area contributed by atoms with Gasteiger partial charge in [-0.3, -0.25) is 0 Å². The minimum atomic E-state index is -0.658. The fraction of sp³-hybridized carbons (Fsp3) is 0.278. The number of ether oxygens (including phenoxy) is 2. The summed E-state index contributed by atoms with van der Waals surface area (Å²) in [5, 5.41) is 18.2. The molecule has 1 atom stereocenters. The van der Waals surface area contributed by atoms with Crippen molar-refractivity contribution in [2.24, 2.45) is 7.05 Å². The molecule has 0 saturated heterocycles. The number of H-pyrrole nitrogens is 1. The molecule has 0 aliphatic heterocycles. The summed E-state index contributed by atoms with van der Waals surface area (Å²) in [4.78, 5) is 7.15. The molecular weight excluding hydrogens is 403 g/mol. The first kappa shape index (κ1) is 19.4. The van der Waals surface area contributed by atoms with E-state index >= 15 is 4.39 Å². The van der Waals surface area contributed by atoms with Crippen molar-refractivity contribution in [3.05, 3.63) is 41.5 Å². The second-order valence-corrected chi connectivity index (χ2v) is 6.67. The van der Waals surface area contributed by atoms with Gasteiger partial charge in [0.15, 0.2) is 17.5 Å². The number of imidazole rings is 1. The quantitative estimate of drug-likeness (QED) is 0.497. The number of benzene rings is 1. The largest absolute Gasteiger partial charge is 0.495 e. The molecule has 4 aromatic rings. The molecule has 0 spiro atoms. The van der Waals surface area contributed by atoms with Gasteiger partial charge in [-0.1, -0.05) is 11.6 Å². The molecule has 0 aliphatic carbocycles. The van der Waals surface area contributed by atoms with Gasteiger partial charge in [-0.2, -0.15) is 0 Å². The number of halogens is 2. The van der Waals surface area contributed by atoms with E-state index in [0.717, 1.165) is 0 Å². The van der Waals surface area contributed by atoms with Crippen LogP contribution in [0, 0.1) is 5.82 Å². The van der Waals surface area contributed by atoms with E-state index in [0.29, 0.717) is 28.4 Å². The van der Waals surface area contributed by atoms with E-state index < -0.39 is 11.9 Å². The predicted octanol–water partition coefficient (Wildman–Crippen LogP) is 2.63. The lowest BCUT2D eigenvalue weighted by Gasteiger charge is -2.08. The number of fused-ring (bicyclic) bond motifs is 1. The van der Waals surface area contributed by atoms with Gasteiger partial charge in [-0.15, -0.1) is 10.2 Å². The van der Waals surface area contributed by atoms with Gasteiger partial charge in [0.1, 0.15) is 22.6 Å². The van der Waals surface area contributed by atoms with E-state index in [1.165, 1.54) is 14.2 Å². The van der Waals surface area contributed by atoms with Crippen molar-refractivity contribution >= 4 is 22.5 Å². The lowest BCUT2D eigenvalue weighted by molar-refractivity contribution is 0.0426. The number of aliphatic hydroxyl groups excluding tert-OH is 1. The third-order valence-corrected chi connectivity index (χ3v) is 5.12. The molecule has 1 aromatic carbocycles. The SMILES string of the molecule is COc1cc2c(-n3ccnc3)c(-c3nnc([C@H](CO)OC)[nH]3)n(C)c2c(F)c1Cl. The van der Waals surface area contributed by atoms with Gasteiger partial charge in [0.25, 0.3) is 0 Å². The Balaban J connectivity index is 2.05. The zero-order chi connectivity index (χ0) is 20.7. The number of nitrogens with zero attached hydrogens (tertiary/aromatic N) is 5. The smallest absolute Gasteiger partial charge is 0.180 e. The van der Waals surface area contributed by atoms with E-state index in [1.54, 1.807) is 41.0 Å². The Morgan fingerprint density at radius 3 is 2.76 bits per heavy atom. The van der Waals surface area contributed by atoms with Gasteiger partial charge < -0.3 is 28.7 Å². The highest BCUT2D eigenvalue weighted by molar-refractivity contribution is 6.33. The maximum atomic E-state index is 15.1. The molecule has 152 valence electrons. The minimum absolute atomic E-state index is 0.109. The number of aromatic nitrogens is 6. The van der Waals surface area contributed by atoms with Crippen LogP contribution in [0.4, 0.5) is 4.39 Å². The highest BCUT2D eigenvalue weighted by Gasteiger charge is 2.27. The van der Waals surface area contributed by atoms with E-state index in [9.17, 15) is 5.11 Å². The van der Waals surface area contributed by atoms with Gasteiger partial charge in [0.2, 0.25) is 0 Å². The maximum Gasteiger partial charge on any atom is 0.180 e. The lowest BCUT2D eigenvalue weighted by Crippen LogP contribution is -2.08. The number of rotatable bonds is 6. The first-order chi connectivity index (χ1) is 14.0. The number of methoxy groups -OCH3 is 2. The molecule has 0 unspecified atom stereocenters. The molecule has 4 rings (SSSR count). The Hall–Kier alpha value is -2.95. The normalized spacial score (nSPS) is 12.6. The Bertz CT molecular complexity index is 1170. The summed E-state index contributed by atoms with van der Waals surface area (Å²) in [7, 11) is 4.59. The summed E-state index contributed by atoms with van der Waals surface area (Å²) in [5.74, 6) is 0.324. The van der Waals surface area contributed by atoms with Crippen LogP contribution in [0.3, 0.4) is 0 Å². The summed E-state index contributed by atoms with van der Waals surface area (Å²) in [6.07, 6.45) is 4.29. The van der Waals surface area contributed by atoms with Gasteiger partial charge in [-0.05, 0) is 6.07 Å². The molecule has 3 aromatic heterocycles. The summed E-state index contributed by atoms with van der Waals surface area (Å²) >= 11 is 6.15. The van der Waals surface area contributed by atoms with Crippen LogP contribution in [0.5, 0.6) is 5.75 Å². The molecule has 0 fully saturated rings. The van der Waals surface area contributed by atoms with Crippen molar-refractivity contribution in [2.45, 2.75) is 6.10 Å². The first-order valence-corrected chi connectivity index (χ1v) is 8.98. The molecule has 11 heteroatoms. The Morgan fingerprint density at radius 2 is 2.14 bits per heavy atom. The molecule has 0 amide bonds. The number of aryl methyl sites for hydroxylation is 1. The average Bonchev–Trinajstić information content (AvgIpc) is 3.45. The van der Waals surface area contributed by atoms with Crippen LogP contribution in [0.25, 0.3) is 28.1 Å². The second-order valence-electron chi connectivity index (χ2n) is 6.29. The van der Waals surface area contributed by atoms with Crippen molar-refractivity contribution in [2.75, 3.05) is 20.8 Å². The monoisotopic (exact) mass is 420 g/mol. The Labute approximate surface area is 169 Å². The van der Waals surface area contributed by atoms with Crippen LogP contribution in [0.15, 0.2) is 24.8 Å². The lowest BCUT2D eigenvalue weighted by atomic mass is 10.2. The molecule has 2 N–H and O–H groups in total. The fourth-order valence-corrected chi connectivity index (χ4v) is 3.59. The Morgan fingerprint density at radius 1 is 1.34 bits per heavy atom. The highest BCUT2D eigenvalue weighted by atomic mass is 35.5. The third kappa shape index (κ3) is 2.96. The maximum absolute atomic E-state index is 15.1. The van der Waals surface area contributed by atoms with Crippen LogP contribution >= 0.6 is 11.6 Å². The Kier molecular flexibility index (Phi) is 4.99. The molecule has 0 bridgehead atoms. The van der Waals surface area contributed by atoms with Crippen LogP contribution in [0.1, 0.15) is 11.9 Å². The molecular formula is C18H18ClFN6O3. The van der Waals surface area contributed by atoms with Crippen LogP contribution in [-0.4, -0.2) is 55.2 Å². The average molecular weight is 421 g/mol. The van der Waals surface area contributed by atoms with Gasteiger partial charge in [0.05, 0.1) is 31.2 Å². The van der Waals surface area contributed by atoms with E-state index in [-0.39, 0.29) is 22.9 Å². The molecule has 0 aliphatic rings. The zero-order valence-corrected chi connectivity index (χ0v) is 16.6. The van der Waals surface area contributed by atoms with E-state index in [2.05, 4.69) is 20.2 Å². The van der Waals surface area contributed by atoms with Crippen molar-refractivity contribution in [1.82, 2.24) is 29.3 Å². The highest BCUT2D eigenvalue weighted by Crippen LogP contribution is 2.41. The first-order valence-electron chi connectivity index (χ1n) is 8.61. The van der Waals surface area contributed by atoms with Crippen molar-refractivity contribution < 1.29 is 19.0 Å². The topological polar surface area (TPSA) is 103 Å². The van der Waals surface area contributed by atoms with Gasteiger partial charge >= 0.3 is 0 Å². The molecule has 9 nitrogen and oxygen atoms in total. The van der Waals surface area contributed by atoms with Crippen LogP contribution in [-0.2, 0) is 11.8 Å². The predicted molar refractivity (Wildman–Crippen MR) is 104 cm³/mol. The summed E-state index contributed by atoms with van der Waals surface area (Å²) in [6.45, 7) is -0.268. The van der Waals surface area contributed by atoms with Crippen LogP contribution < -0.4 is 4.74 Å². The molecule has 29 heavy (non-hydrogen) atoms. The van der Waals surface area contributed by atoms with Gasteiger partial charge in [0, 0.05) is 31.9 Å². The van der Waals surface area contributed by atoms with E-state index in [4.69, 9.17) is 21.1 Å². The number of hydrogen-bond acceptors (Lipinski definition) is 6. The molecule has 0 saturated carbocycles. The van der Waals surface area contributed by atoms with Crippen LogP contribution in [0.2, 0.25) is 5.02 Å². The number of nitrogens with one attached hydrogen (secondary N) is 1. The van der Waals surface area contributed by atoms with Crippen molar-refractivity contribution in [3.8, 4) is 23.0 Å².